The lowest BCUT2D eigenvalue weighted by Crippen LogP contribution is -2.44. The van der Waals surface area contributed by atoms with Crippen LogP contribution in [0.5, 0.6) is 0 Å². The van der Waals surface area contributed by atoms with Crippen molar-refractivity contribution in [2.45, 2.75) is 16.2 Å². The van der Waals surface area contributed by atoms with E-state index in [1.54, 1.807) is 19.2 Å². The molecule has 4 aromatic rings. The molecule has 0 aliphatic carbocycles. The van der Waals surface area contributed by atoms with Crippen LogP contribution in [0.1, 0.15) is 16.8 Å². The summed E-state index contributed by atoms with van der Waals surface area (Å²) in [7, 11) is -0.172. The number of likely N-dealkylation sites (N-methyl/N-ethyl adjacent to an activating group) is 1. The maximum Gasteiger partial charge on any atom is 0.273 e. The number of hydrogen-bond donors (Lipinski definition) is 2. The minimum Gasteiger partial charge on any atom is -0.385 e. The number of rotatable bonds is 10. The van der Waals surface area contributed by atoms with E-state index in [1.807, 2.05) is 12.1 Å². The SMILES string of the molecule is COCCCNc1cc(N2CCN(C)CC2)ccc1C(=O)Nn1ncc2cc(S(=O)(=O)c3cccc(F)c3)ccc21. The highest BCUT2D eigenvalue weighted by atomic mass is 32.2. The maximum atomic E-state index is 13.7. The second-order valence-corrected chi connectivity index (χ2v) is 11.9. The summed E-state index contributed by atoms with van der Waals surface area (Å²) in [4.78, 5) is 19.2. The lowest BCUT2D eigenvalue weighted by Gasteiger charge is -2.34. The third kappa shape index (κ3) is 6.34. The zero-order valence-corrected chi connectivity index (χ0v) is 23.8. The molecule has 1 aromatic heterocycles. The van der Waals surface area contributed by atoms with Gasteiger partial charge < -0.3 is 19.9 Å². The summed E-state index contributed by atoms with van der Waals surface area (Å²) in [6.07, 6.45) is 2.25. The fraction of sp³-hybridized carbons (Fsp3) is 0.310. The Balaban J connectivity index is 1.38. The highest BCUT2D eigenvalue weighted by Gasteiger charge is 2.21. The number of fused-ring (bicyclic) bond motifs is 1. The first kappa shape index (κ1) is 28.5. The smallest absolute Gasteiger partial charge is 0.273 e. The third-order valence-corrected chi connectivity index (χ3v) is 8.87. The van der Waals surface area contributed by atoms with Crippen LogP contribution >= 0.6 is 0 Å². The number of carbonyl (C=O) groups is 1. The van der Waals surface area contributed by atoms with Crippen LogP contribution in [0.25, 0.3) is 10.9 Å². The first-order valence-electron chi connectivity index (χ1n) is 13.4. The van der Waals surface area contributed by atoms with Gasteiger partial charge in [-0.25, -0.2) is 18.2 Å². The van der Waals surface area contributed by atoms with Crippen LogP contribution in [0.3, 0.4) is 0 Å². The number of sulfone groups is 1. The van der Waals surface area contributed by atoms with Gasteiger partial charge >= 0.3 is 0 Å². The Morgan fingerprint density at radius 1 is 1.02 bits per heavy atom. The average Bonchev–Trinajstić information content (AvgIpc) is 3.37. The molecule has 0 unspecified atom stereocenters. The Bertz CT molecular complexity index is 1650. The monoisotopic (exact) mass is 580 g/mol. The Kier molecular flexibility index (Phi) is 8.52. The number of aromatic nitrogens is 2. The molecule has 0 atom stereocenters. The molecular weight excluding hydrogens is 547 g/mol. The van der Waals surface area contributed by atoms with E-state index in [9.17, 15) is 17.6 Å². The van der Waals surface area contributed by atoms with Gasteiger partial charge in [-0.1, -0.05) is 6.07 Å². The summed E-state index contributed by atoms with van der Waals surface area (Å²) in [5.74, 6) is -1.00. The van der Waals surface area contributed by atoms with Crippen LogP contribution in [0, 0.1) is 5.82 Å². The van der Waals surface area contributed by atoms with Crippen molar-refractivity contribution in [3.8, 4) is 0 Å². The molecule has 5 rings (SSSR count). The van der Waals surface area contributed by atoms with Gasteiger partial charge in [0.1, 0.15) is 5.82 Å². The van der Waals surface area contributed by atoms with Gasteiger partial charge in [-0.15, -0.1) is 0 Å². The van der Waals surface area contributed by atoms with Crippen LogP contribution in [0.4, 0.5) is 15.8 Å². The van der Waals surface area contributed by atoms with Crippen LogP contribution in [-0.2, 0) is 14.6 Å². The number of methoxy groups -OCH3 is 1. The molecule has 0 spiro atoms. The van der Waals surface area contributed by atoms with Gasteiger partial charge in [-0.05, 0) is 68.1 Å². The molecule has 41 heavy (non-hydrogen) atoms. The van der Waals surface area contributed by atoms with E-state index < -0.39 is 15.7 Å². The molecule has 1 fully saturated rings. The molecule has 12 heteroatoms. The van der Waals surface area contributed by atoms with Gasteiger partial charge in [0, 0.05) is 63.2 Å². The number of piperazine rings is 1. The van der Waals surface area contributed by atoms with E-state index in [1.165, 1.54) is 41.3 Å². The molecule has 2 heterocycles. The summed E-state index contributed by atoms with van der Waals surface area (Å²) in [5, 5.41) is 8.15. The first-order chi connectivity index (χ1) is 19.8. The molecule has 1 aliphatic heterocycles. The standard InChI is InChI=1S/C29H33FN6O4S/c1-34-12-14-35(15-13-34)23-7-9-26(27(19-23)31-11-4-16-40-2)29(37)33-36-28-10-8-25(17-21(28)20-32-36)41(38,39)24-6-3-5-22(30)18-24/h3,5-10,17-20,31H,4,11-16H2,1-2H3,(H,33,37). The number of anilines is 2. The average molecular weight is 581 g/mol. The maximum absolute atomic E-state index is 13.7. The van der Waals surface area contributed by atoms with E-state index in [-0.39, 0.29) is 15.7 Å². The molecule has 10 nitrogen and oxygen atoms in total. The number of amides is 1. The van der Waals surface area contributed by atoms with E-state index >= 15 is 0 Å². The third-order valence-electron chi connectivity index (χ3n) is 7.12. The van der Waals surface area contributed by atoms with Gasteiger partial charge in [-0.2, -0.15) is 9.89 Å². The van der Waals surface area contributed by atoms with Crippen LogP contribution in [-0.4, -0.2) is 82.6 Å². The van der Waals surface area contributed by atoms with Crippen molar-refractivity contribution in [1.29, 1.82) is 0 Å². The quantitative estimate of drug-likeness (QED) is 0.274. The van der Waals surface area contributed by atoms with E-state index in [0.29, 0.717) is 35.3 Å². The minimum absolute atomic E-state index is 0.00326. The van der Waals surface area contributed by atoms with Crippen LogP contribution in [0.15, 0.2) is 76.7 Å². The van der Waals surface area contributed by atoms with E-state index in [0.717, 1.165) is 44.4 Å². The largest absolute Gasteiger partial charge is 0.385 e. The van der Waals surface area contributed by atoms with Gasteiger partial charge in [0.05, 0.1) is 27.1 Å². The molecule has 1 amide bonds. The highest BCUT2D eigenvalue weighted by molar-refractivity contribution is 7.91. The zero-order chi connectivity index (χ0) is 29.0. The second kappa shape index (κ2) is 12.2. The summed E-state index contributed by atoms with van der Waals surface area (Å²) >= 11 is 0. The lowest BCUT2D eigenvalue weighted by molar-refractivity contribution is 0.101. The van der Waals surface area contributed by atoms with Crippen molar-refractivity contribution in [3.05, 3.63) is 78.2 Å². The predicted molar refractivity (Wildman–Crippen MR) is 156 cm³/mol. The fourth-order valence-electron chi connectivity index (χ4n) is 4.77. The van der Waals surface area contributed by atoms with Crippen molar-refractivity contribution < 1.29 is 22.3 Å². The number of hydrogen-bond acceptors (Lipinski definition) is 8. The van der Waals surface area contributed by atoms with E-state index in [4.69, 9.17) is 4.74 Å². The summed E-state index contributed by atoms with van der Waals surface area (Å²) in [6.45, 7) is 4.98. The summed E-state index contributed by atoms with van der Waals surface area (Å²) in [5.41, 5.74) is 5.52. The number of benzene rings is 3. The first-order valence-corrected chi connectivity index (χ1v) is 14.8. The molecular formula is C29H33FN6O4S. The molecule has 216 valence electrons. The number of halogens is 1. The Morgan fingerprint density at radius 3 is 2.56 bits per heavy atom. The minimum atomic E-state index is -3.93. The fourth-order valence-corrected chi connectivity index (χ4v) is 6.10. The van der Waals surface area contributed by atoms with Crippen molar-refractivity contribution >= 4 is 38.0 Å². The Hall–Kier alpha value is -4.00. The number of carbonyl (C=O) groups excluding carboxylic acids is 1. The zero-order valence-electron chi connectivity index (χ0n) is 23.0. The second-order valence-electron chi connectivity index (χ2n) is 9.97. The number of nitrogens with one attached hydrogen (secondary N) is 2. The van der Waals surface area contributed by atoms with Crippen molar-refractivity contribution in [2.24, 2.45) is 0 Å². The Morgan fingerprint density at radius 2 is 1.80 bits per heavy atom. The number of nitrogens with zero attached hydrogens (tertiary/aromatic N) is 4. The molecule has 0 saturated carbocycles. The highest BCUT2D eigenvalue weighted by Crippen LogP contribution is 2.27. The summed E-state index contributed by atoms with van der Waals surface area (Å²) < 4.78 is 44.9. The van der Waals surface area contributed by atoms with Crippen molar-refractivity contribution in [2.75, 3.05) is 69.1 Å². The molecule has 1 saturated heterocycles. The van der Waals surface area contributed by atoms with Crippen molar-refractivity contribution in [3.63, 3.8) is 0 Å². The molecule has 3 aromatic carbocycles. The molecule has 0 radical (unpaired) electrons. The molecule has 1 aliphatic rings. The molecule has 2 N–H and O–H groups in total. The van der Waals surface area contributed by atoms with Gasteiger partial charge in [-0.3, -0.25) is 4.79 Å². The van der Waals surface area contributed by atoms with Crippen LogP contribution in [0.2, 0.25) is 0 Å². The Labute approximate surface area is 238 Å². The number of ether oxygens (including phenoxy) is 1. The van der Waals surface area contributed by atoms with Crippen molar-refractivity contribution in [1.82, 2.24) is 14.8 Å². The summed E-state index contributed by atoms with van der Waals surface area (Å²) in [6, 6.07) is 15.1. The van der Waals surface area contributed by atoms with Gasteiger partial charge in [0.15, 0.2) is 0 Å². The van der Waals surface area contributed by atoms with Gasteiger partial charge in [0.25, 0.3) is 5.91 Å². The predicted octanol–water partition coefficient (Wildman–Crippen LogP) is 3.59. The van der Waals surface area contributed by atoms with E-state index in [2.05, 4.69) is 32.7 Å². The lowest BCUT2D eigenvalue weighted by atomic mass is 10.1. The molecule has 0 bridgehead atoms. The van der Waals surface area contributed by atoms with Crippen LogP contribution < -0.4 is 15.6 Å². The van der Waals surface area contributed by atoms with Gasteiger partial charge in [0.2, 0.25) is 9.84 Å². The normalized spacial score (nSPS) is 14.4. The topological polar surface area (TPSA) is 109 Å².